The Bertz CT molecular complexity index is 1370. The van der Waals surface area contributed by atoms with E-state index in [0.717, 1.165) is 48.2 Å². The molecule has 4 aromatic rings. The van der Waals surface area contributed by atoms with Gasteiger partial charge < -0.3 is 15.4 Å². The van der Waals surface area contributed by atoms with Gasteiger partial charge in [0.15, 0.2) is 0 Å². The highest BCUT2D eigenvalue weighted by Gasteiger charge is 2.21. The summed E-state index contributed by atoms with van der Waals surface area (Å²) in [5.41, 5.74) is 1.79. The zero-order chi connectivity index (χ0) is 24.4. The molecule has 5 rings (SSSR count). The van der Waals surface area contributed by atoms with Crippen LogP contribution in [-0.4, -0.2) is 39.9 Å². The van der Waals surface area contributed by atoms with E-state index in [4.69, 9.17) is 16.3 Å². The summed E-state index contributed by atoms with van der Waals surface area (Å²) < 4.78 is 21.3. The molecule has 1 aliphatic heterocycles. The molecule has 1 saturated heterocycles. The molecule has 0 unspecified atom stereocenters. The minimum Gasteiger partial charge on any atom is -0.381 e. The van der Waals surface area contributed by atoms with Crippen molar-refractivity contribution in [2.24, 2.45) is 7.05 Å². The first-order valence-electron chi connectivity index (χ1n) is 11.4. The van der Waals surface area contributed by atoms with Crippen molar-refractivity contribution in [1.29, 1.82) is 0 Å². The van der Waals surface area contributed by atoms with Gasteiger partial charge in [-0.05, 0) is 54.1 Å². The predicted octanol–water partition coefficient (Wildman–Crippen LogP) is 4.87. The van der Waals surface area contributed by atoms with Crippen molar-refractivity contribution in [2.75, 3.05) is 18.5 Å². The molecule has 0 aliphatic carbocycles. The molecule has 2 aromatic heterocycles. The lowest BCUT2D eigenvalue weighted by atomic mass is 10.0. The van der Waals surface area contributed by atoms with Gasteiger partial charge in [0, 0.05) is 55.2 Å². The van der Waals surface area contributed by atoms with Gasteiger partial charge in [-0.3, -0.25) is 9.48 Å². The van der Waals surface area contributed by atoms with Gasteiger partial charge in [0.1, 0.15) is 11.6 Å². The second-order valence-corrected chi connectivity index (χ2v) is 9.10. The Morgan fingerprint density at radius 2 is 1.94 bits per heavy atom. The molecule has 0 saturated carbocycles. The van der Waals surface area contributed by atoms with Crippen LogP contribution in [0.5, 0.6) is 0 Å². The number of benzene rings is 2. The van der Waals surface area contributed by atoms with Crippen molar-refractivity contribution in [3.05, 3.63) is 88.6 Å². The quantitative estimate of drug-likeness (QED) is 0.400. The molecule has 0 radical (unpaired) electrons. The first kappa shape index (κ1) is 23.3. The summed E-state index contributed by atoms with van der Waals surface area (Å²) in [4.78, 5) is 17.8. The van der Waals surface area contributed by atoms with Gasteiger partial charge in [-0.25, -0.2) is 9.37 Å². The lowest BCUT2D eigenvalue weighted by Gasteiger charge is -2.23. The number of nitrogens with one attached hydrogen (secondary N) is 2. The second kappa shape index (κ2) is 10.0. The fraction of sp³-hybridized carbons (Fsp3) is 0.269. The normalized spacial score (nSPS) is 15.2. The van der Waals surface area contributed by atoms with Crippen LogP contribution in [0.4, 0.5) is 10.2 Å². The number of anilines is 1. The first-order valence-corrected chi connectivity index (χ1v) is 11.8. The maximum Gasteiger partial charge on any atom is 0.252 e. The number of nitrogens with zero attached hydrogens (tertiary/aromatic N) is 3. The largest absolute Gasteiger partial charge is 0.381 e. The van der Waals surface area contributed by atoms with E-state index in [1.54, 1.807) is 42.5 Å². The Hall–Kier alpha value is -3.49. The van der Waals surface area contributed by atoms with Crippen LogP contribution in [0.1, 0.15) is 40.4 Å². The van der Waals surface area contributed by atoms with Crippen molar-refractivity contribution in [2.45, 2.75) is 24.9 Å². The van der Waals surface area contributed by atoms with Crippen molar-refractivity contribution < 1.29 is 13.9 Å². The Morgan fingerprint density at radius 1 is 1.11 bits per heavy atom. The zero-order valence-corrected chi connectivity index (χ0v) is 19.9. The Balaban J connectivity index is 1.41. The molecule has 1 atom stereocenters. The number of hydrogen-bond donors (Lipinski definition) is 2. The molecule has 2 N–H and O–H groups in total. The number of fused-ring (bicyclic) bond motifs is 1. The van der Waals surface area contributed by atoms with Gasteiger partial charge in [-0.2, -0.15) is 5.10 Å². The molecule has 35 heavy (non-hydrogen) atoms. The van der Waals surface area contributed by atoms with Crippen LogP contribution in [0.25, 0.3) is 10.8 Å². The van der Waals surface area contributed by atoms with E-state index in [1.165, 1.54) is 12.1 Å². The van der Waals surface area contributed by atoms with Crippen LogP contribution in [-0.2, 0) is 11.8 Å². The van der Waals surface area contributed by atoms with Gasteiger partial charge in [0.05, 0.1) is 17.3 Å². The monoisotopic (exact) mass is 493 g/mol. The van der Waals surface area contributed by atoms with Crippen molar-refractivity contribution in [1.82, 2.24) is 20.1 Å². The van der Waals surface area contributed by atoms with Gasteiger partial charge in [-0.1, -0.05) is 23.7 Å². The van der Waals surface area contributed by atoms with E-state index in [2.05, 4.69) is 20.7 Å². The highest BCUT2D eigenvalue weighted by atomic mass is 35.5. The molecule has 3 heterocycles. The van der Waals surface area contributed by atoms with E-state index < -0.39 is 11.9 Å². The lowest BCUT2D eigenvalue weighted by molar-refractivity contribution is 0.0903. The van der Waals surface area contributed by atoms with Crippen LogP contribution >= 0.6 is 11.6 Å². The molecule has 180 valence electrons. The summed E-state index contributed by atoms with van der Waals surface area (Å²) in [6.45, 7) is 1.48. The molecule has 1 fully saturated rings. The van der Waals surface area contributed by atoms with Crippen LogP contribution in [0.2, 0.25) is 5.02 Å². The Morgan fingerprint density at radius 3 is 2.69 bits per heavy atom. The lowest BCUT2D eigenvalue weighted by Crippen LogP contribution is -2.29. The van der Waals surface area contributed by atoms with Crippen LogP contribution in [0.15, 0.2) is 61.1 Å². The average Bonchev–Trinajstić information content (AvgIpc) is 3.30. The van der Waals surface area contributed by atoms with E-state index in [0.29, 0.717) is 17.2 Å². The Kier molecular flexibility index (Phi) is 6.66. The SMILES string of the molecule is Cn1cc([C@@H](NC(=O)c2ccc3cnc(NC4CCOCC4)cc3c2)c2ccc(Cl)c(F)c2)cn1. The average molecular weight is 494 g/mol. The molecule has 1 aliphatic rings. The topological polar surface area (TPSA) is 81.1 Å². The molecular formula is C26H25ClFN5O2. The smallest absolute Gasteiger partial charge is 0.252 e. The zero-order valence-electron chi connectivity index (χ0n) is 19.2. The van der Waals surface area contributed by atoms with Crippen molar-refractivity contribution >= 4 is 34.1 Å². The first-order chi connectivity index (χ1) is 17.0. The fourth-order valence-electron chi connectivity index (χ4n) is 4.27. The molecular weight excluding hydrogens is 469 g/mol. The maximum absolute atomic E-state index is 14.2. The highest BCUT2D eigenvalue weighted by Crippen LogP contribution is 2.27. The predicted molar refractivity (Wildman–Crippen MR) is 133 cm³/mol. The summed E-state index contributed by atoms with van der Waals surface area (Å²) in [6.07, 6.45) is 7.11. The molecule has 7 nitrogen and oxygen atoms in total. The third-order valence-electron chi connectivity index (χ3n) is 6.17. The van der Waals surface area contributed by atoms with Crippen molar-refractivity contribution in [3.63, 3.8) is 0 Å². The number of pyridine rings is 1. The van der Waals surface area contributed by atoms with Crippen LogP contribution in [0.3, 0.4) is 0 Å². The minimum atomic E-state index is -0.596. The number of aromatic nitrogens is 3. The number of hydrogen-bond acceptors (Lipinski definition) is 5. The maximum atomic E-state index is 14.2. The number of aryl methyl sites for hydroxylation is 1. The summed E-state index contributed by atoms with van der Waals surface area (Å²) in [7, 11) is 1.79. The number of amides is 1. The summed E-state index contributed by atoms with van der Waals surface area (Å²) in [5, 5.41) is 12.6. The third-order valence-corrected chi connectivity index (χ3v) is 6.47. The van der Waals surface area contributed by atoms with E-state index >= 15 is 0 Å². The molecule has 0 spiro atoms. The molecule has 9 heteroatoms. The molecule has 2 aromatic carbocycles. The minimum absolute atomic E-state index is 0.0262. The van der Waals surface area contributed by atoms with E-state index in [9.17, 15) is 9.18 Å². The van der Waals surface area contributed by atoms with Gasteiger partial charge in [0.25, 0.3) is 5.91 Å². The highest BCUT2D eigenvalue weighted by molar-refractivity contribution is 6.30. The van der Waals surface area contributed by atoms with Crippen LogP contribution < -0.4 is 10.6 Å². The number of carbonyl (C=O) groups is 1. The van der Waals surface area contributed by atoms with E-state index in [1.807, 2.05) is 18.2 Å². The fourth-order valence-corrected chi connectivity index (χ4v) is 4.38. The van der Waals surface area contributed by atoms with Crippen LogP contribution in [0, 0.1) is 5.82 Å². The van der Waals surface area contributed by atoms with E-state index in [-0.39, 0.29) is 10.9 Å². The summed E-state index contributed by atoms with van der Waals surface area (Å²) >= 11 is 5.87. The van der Waals surface area contributed by atoms with Crippen molar-refractivity contribution in [3.8, 4) is 0 Å². The standard InChI is InChI=1S/C26H25ClFN5O2/c1-33-15-20(14-30-33)25(16-4-5-22(27)23(28)11-16)32-26(34)17-2-3-18-13-29-24(12-19(18)10-17)31-21-6-8-35-9-7-21/h2-5,10-15,21,25H,6-9H2,1H3,(H,29,31)(H,32,34)/t25-/m0/s1. The third kappa shape index (κ3) is 5.28. The Labute approximate surface area is 207 Å². The number of ether oxygens (including phenoxy) is 1. The summed E-state index contributed by atoms with van der Waals surface area (Å²) in [5.74, 6) is -0.0613. The number of halogens is 2. The number of carbonyl (C=O) groups excluding carboxylic acids is 1. The number of rotatable bonds is 6. The summed E-state index contributed by atoms with van der Waals surface area (Å²) in [6, 6.07) is 11.7. The van der Waals surface area contributed by atoms with Gasteiger partial charge in [0.2, 0.25) is 0 Å². The van der Waals surface area contributed by atoms with Gasteiger partial charge in [-0.15, -0.1) is 0 Å². The molecule has 0 bridgehead atoms. The second-order valence-electron chi connectivity index (χ2n) is 8.69. The molecule has 1 amide bonds. The van der Waals surface area contributed by atoms with Gasteiger partial charge >= 0.3 is 0 Å².